The maximum Gasteiger partial charge on any atom is 0.308 e. The number of hydrogen-bond acceptors (Lipinski definition) is 5. The molecular formula is C28H16Cl2O5. The zero-order valence-electron chi connectivity index (χ0n) is 18.3. The highest BCUT2D eigenvalue weighted by molar-refractivity contribution is 6.31. The number of halogens is 2. The molecule has 4 aromatic carbocycles. The molecule has 0 saturated carbocycles. The first-order chi connectivity index (χ1) is 16.8. The SMILES string of the molecule is CC(=O)Oc1ccc(Cl)cc1C(=O)c1cc(-c2ccccc2)c2oc3ccc(Cl)cc3c(=O)c2c1. The Morgan fingerprint density at radius 1 is 0.829 bits per heavy atom. The summed E-state index contributed by atoms with van der Waals surface area (Å²) in [6, 6.07) is 21.7. The van der Waals surface area contributed by atoms with Crippen molar-refractivity contribution in [2.24, 2.45) is 0 Å². The van der Waals surface area contributed by atoms with Gasteiger partial charge in [-0.25, -0.2) is 0 Å². The Morgan fingerprint density at radius 3 is 2.29 bits per heavy atom. The fraction of sp³-hybridized carbons (Fsp3) is 0.0357. The average Bonchev–Trinajstić information content (AvgIpc) is 2.85. The summed E-state index contributed by atoms with van der Waals surface area (Å²) in [5, 5.41) is 1.22. The topological polar surface area (TPSA) is 73.6 Å². The second kappa shape index (κ2) is 9.02. The largest absolute Gasteiger partial charge is 0.455 e. The highest BCUT2D eigenvalue weighted by atomic mass is 35.5. The molecule has 7 heteroatoms. The number of carbonyl (C=O) groups is 2. The summed E-state index contributed by atoms with van der Waals surface area (Å²) in [5.74, 6) is -0.965. The summed E-state index contributed by atoms with van der Waals surface area (Å²) >= 11 is 12.3. The van der Waals surface area contributed by atoms with Crippen molar-refractivity contribution in [2.45, 2.75) is 6.92 Å². The van der Waals surface area contributed by atoms with Crippen LogP contribution in [0.3, 0.4) is 0 Å². The van der Waals surface area contributed by atoms with E-state index >= 15 is 0 Å². The van der Waals surface area contributed by atoms with Crippen LogP contribution in [-0.2, 0) is 4.79 Å². The maximum atomic E-state index is 13.7. The molecule has 0 N–H and O–H groups in total. The molecule has 5 aromatic rings. The molecule has 0 radical (unpaired) electrons. The zero-order chi connectivity index (χ0) is 24.7. The van der Waals surface area contributed by atoms with Crippen molar-refractivity contribution in [3.63, 3.8) is 0 Å². The van der Waals surface area contributed by atoms with Crippen LogP contribution in [0.5, 0.6) is 5.75 Å². The van der Waals surface area contributed by atoms with E-state index in [4.69, 9.17) is 32.4 Å². The third-order valence-corrected chi connectivity index (χ3v) is 5.99. The van der Waals surface area contributed by atoms with Crippen molar-refractivity contribution in [1.29, 1.82) is 0 Å². The Labute approximate surface area is 209 Å². The Bertz CT molecular complexity index is 1700. The quantitative estimate of drug-likeness (QED) is 0.113. The lowest BCUT2D eigenvalue weighted by Crippen LogP contribution is -2.10. The Morgan fingerprint density at radius 2 is 1.54 bits per heavy atom. The van der Waals surface area contributed by atoms with E-state index < -0.39 is 11.8 Å². The molecule has 0 amide bonds. The smallest absolute Gasteiger partial charge is 0.308 e. The first kappa shape index (κ1) is 22.8. The standard InChI is InChI=1S/C28H16Cl2O5/c1-15(31)34-24-9-7-18(29)13-21(24)26(32)17-11-20(16-5-3-2-4-6-16)28-23(12-17)27(33)22-14-19(30)8-10-25(22)35-28/h2-14H,1H3. The summed E-state index contributed by atoms with van der Waals surface area (Å²) in [5.41, 5.74) is 2.04. The fourth-order valence-electron chi connectivity index (χ4n) is 3.97. The van der Waals surface area contributed by atoms with Gasteiger partial charge in [0.1, 0.15) is 16.9 Å². The Kier molecular flexibility index (Phi) is 5.89. The summed E-state index contributed by atoms with van der Waals surface area (Å²) in [6.45, 7) is 1.24. The van der Waals surface area contributed by atoms with E-state index in [9.17, 15) is 14.4 Å². The van der Waals surface area contributed by atoms with Crippen molar-refractivity contribution < 1.29 is 18.7 Å². The van der Waals surface area contributed by atoms with Crippen LogP contribution in [0.4, 0.5) is 0 Å². The molecule has 0 atom stereocenters. The first-order valence-corrected chi connectivity index (χ1v) is 11.4. The van der Waals surface area contributed by atoms with E-state index in [1.54, 1.807) is 18.2 Å². The number of ketones is 1. The van der Waals surface area contributed by atoms with Crippen molar-refractivity contribution in [2.75, 3.05) is 0 Å². The van der Waals surface area contributed by atoms with Crippen molar-refractivity contribution in [3.8, 4) is 16.9 Å². The van der Waals surface area contributed by atoms with Crippen LogP contribution < -0.4 is 10.2 Å². The minimum atomic E-state index is -0.575. The second-order valence-corrected chi connectivity index (χ2v) is 8.77. The molecule has 0 aliphatic heterocycles. The predicted molar refractivity (Wildman–Crippen MR) is 137 cm³/mol. The molecular weight excluding hydrogens is 487 g/mol. The van der Waals surface area contributed by atoms with Gasteiger partial charge in [-0.05, 0) is 54.1 Å². The molecule has 0 spiro atoms. The van der Waals surface area contributed by atoms with Gasteiger partial charge in [-0.15, -0.1) is 0 Å². The van der Waals surface area contributed by atoms with E-state index in [2.05, 4.69) is 0 Å². The van der Waals surface area contributed by atoms with Gasteiger partial charge in [-0.1, -0.05) is 53.5 Å². The van der Waals surface area contributed by atoms with Gasteiger partial charge in [0, 0.05) is 28.1 Å². The minimum absolute atomic E-state index is 0.0746. The van der Waals surface area contributed by atoms with Crippen LogP contribution in [-0.4, -0.2) is 11.8 Å². The molecule has 1 aromatic heterocycles. The number of benzene rings is 4. The van der Waals surface area contributed by atoms with Gasteiger partial charge < -0.3 is 9.15 Å². The van der Waals surface area contributed by atoms with Crippen LogP contribution in [0, 0.1) is 0 Å². The van der Waals surface area contributed by atoms with Crippen molar-refractivity contribution in [1.82, 2.24) is 0 Å². The molecule has 1 heterocycles. The Balaban J connectivity index is 1.82. The monoisotopic (exact) mass is 502 g/mol. The lowest BCUT2D eigenvalue weighted by atomic mass is 9.94. The molecule has 5 rings (SSSR count). The van der Waals surface area contributed by atoms with Gasteiger partial charge in [-0.2, -0.15) is 0 Å². The van der Waals surface area contributed by atoms with Crippen LogP contribution >= 0.6 is 23.2 Å². The maximum absolute atomic E-state index is 13.7. The second-order valence-electron chi connectivity index (χ2n) is 7.90. The molecule has 0 fully saturated rings. The number of ether oxygens (including phenoxy) is 1. The van der Waals surface area contributed by atoms with E-state index in [-0.39, 0.29) is 27.7 Å². The molecule has 172 valence electrons. The third-order valence-electron chi connectivity index (χ3n) is 5.52. The first-order valence-electron chi connectivity index (χ1n) is 10.6. The third kappa shape index (κ3) is 4.32. The molecule has 0 saturated heterocycles. The molecule has 0 unspecified atom stereocenters. The van der Waals surface area contributed by atoms with Crippen LogP contribution in [0.1, 0.15) is 22.8 Å². The highest BCUT2D eigenvalue weighted by Gasteiger charge is 2.21. The van der Waals surface area contributed by atoms with E-state index in [1.165, 1.54) is 37.3 Å². The van der Waals surface area contributed by atoms with E-state index in [1.807, 2.05) is 30.3 Å². The molecule has 5 nitrogen and oxygen atoms in total. The molecule has 0 bridgehead atoms. The molecule has 0 aliphatic carbocycles. The van der Waals surface area contributed by atoms with E-state index in [0.29, 0.717) is 32.2 Å². The lowest BCUT2D eigenvalue weighted by Gasteiger charge is -2.12. The number of rotatable bonds is 4. The highest BCUT2D eigenvalue weighted by Crippen LogP contribution is 2.34. The predicted octanol–water partition coefficient (Wildman–Crippen LogP) is 7.08. The normalized spacial score (nSPS) is 11.1. The summed E-state index contributed by atoms with van der Waals surface area (Å²) in [4.78, 5) is 38.7. The van der Waals surface area contributed by atoms with Crippen molar-refractivity contribution in [3.05, 3.63) is 110 Å². The summed E-state index contributed by atoms with van der Waals surface area (Å²) < 4.78 is 11.4. The minimum Gasteiger partial charge on any atom is -0.455 e. The lowest BCUT2D eigenvalue weighted by molar-refractivity contribution is -0.131. The number of fused-ring (bicyclic) bond motifs is 2. The zero-order valence-corrected chi connectivity index (χ0v) is 19.8. The van der Waals surface area contributed by atoms with Gasteiger partial charge in [-0.3, -0.25) is 14.4 Å². The summed E-state index contributed by atoms with van der Waals surface area (Å²) in [6.07, 6.45) is 0. The fourth-order valence-corrected chi connectivity index (χ4v) is 4.32. The number of esters is 1. The van der Waals surface area contributed by atoms with Gasteiger partial charge in [0.25, 0.3) is 0 Å². The van der Waals surface area contributed by atoms with E-state index in [0.717, 1.165) is 5.56 Å². The molecule has 0 aliphatic rings. The van der Waals surface area contributed by atoms with Crippen molar-refractivity contribution >= 4 is 56.9 Å². The van der Waals surface area contributed by atoms with Gasteiger partial charge in [0.05, 0.1) is 16.3 Å². The Hall–Kier alpha value is -3.93. The van der Waals surface area contributed by atoms with Crippen LogP contribution in [0.25, 0.3) is 33.1 Å². The van der Waals surface area contributed by atoms with Gasteiger partial charge in [0.15, 0.2) is 5.78 Å². The average molecular weight is 503 g/mol. The van der Waals surface area contributed by atoms with Crippen LogP contribution in [0.2, 0.25) is 10.0 Å². The summed E-state index contributed by atoms with van der Waals surface area (Å²) in [7, 11) is 0. The van der Waals surface area contributed by atoms with Gasteiger partial charge >= 0.3 is 5.97 Å². The molecule has 35 heavy (non-hydrogen) atoms. The van der Waals surface area contributed by atoms with Crippen LogP contribution in [0.15, 0.2) is 88.1 Å². The number of hydrogen-bond donors (Lipinski definition) is 0. The van der Waals surface area contributed by atoms with Gasteiger partial charge in [0.2, 0.25) is 5.43 Å². The number of carbonyl (C=O) groups excluding carboxylic acids is 2.